The van der Waals surface area contributed by atoms with Gasteiger partial charge < -0.3 is 19.6 Å². The van der Waals surface area contributed by atoms with E-state index in [-0.39, 0.29) is 30.1 Å². The van der Waals surface area contributed by atoms with E-state index in [1.165, 1.54) is 0 Å². The van der Waals surface area contributed by atoms with Gasteiger partial charge in [-0.15, -0.1) is 0 Å². The lowest BCUT2D eigenvalue weighted by atomic mass is 9.83. The Morgan fingerprint density at radius 3 is 2.45 bits per heavy atom. The third-order valence-corrected chi connectivity index (χ3v) is 8.05. The fourth-order valence-corrected chi connectivity index (χ4v) is 5.68. The SMILES string of the molecule is COc1c(N2CCC(CC(=O)O)CC2)cc(C(=O)CN2Cc3ccc(C4CC4)nc3C2=N)cc1C(C)(C)C. The Hall–Kier alpha value is -3.42. The number of nitrogens with zero attached hydrogens (tertiary/aromatic N) is 3. The summed E-state index contributed by atoms with van der Waals surface area (Å²) in [6.45, 7) is 8.40. The van der Waals surface area contributed by atoms with Crippen LogP contribution in [0.3, 0.4) is 0 Å². The predicted octanol–water partition coefficient (Wildman–Crippen LogP) is 4.98. The van der Waals surface area contributed by atoms with Crippen molar-refractivity contribution in [2.45, 2.75) is 70.8 Å². The quantitative estimate of drug-likeness (QED) is 0.475. The van der Waals surface area contributed by atoms with Crippen LogP contribution in [0.25, 0.3) is 0 Å². The van der Waals surface area contributed by atoms with Crippen LogP contribution in [0.5, 0.6) is 5.75 Å². The number of carbonyl (C=O) groups excluding carboxylic acids is 1. The summed E-state index contributed by atoms with van der Waals surface area (Å²) in [5, 5.41) is 17.9. The zero-order valence-corrected chi connectivity index (χ0v) is 22.8. The van der Waals surface area contributed by atoms with Crippen LogP contribution in [0, 0.1) is 11.3 Å². The average Bonchev–Trinajstić information content (AvgIpc) is 3.68. The van der Waals surface area contributed by atoms with Crippen LogP contribution >= 0.6 is 0 Å². The van der Waals surface area contributed by atoms with Gasteiger partial charge in [0.2, 0.25) is 0 Å². The van der Waals surface area contributed by atoms with E-state index in [4.69, 9.17) is 15.1 Å². The molecule has 2 aromatic rings. The molecular formula is C30H38N4O4. The maximum absolute atomic E-state index is 13.7. The van der Waals surface area contributed by atoms with Crippen LogP contribution in [0.1, 0.15) is 91.7 Å². The zero-order valence-electron chi connectivity index (χ0n) is 22.8. The van der Waals surface area contributed by atoms with Gasteiger partial charge in [-0.1, -0.05) is 26.8 Å². The second-order valence-corrected chi connectivity index (χ2v) is 12.0. The van der Waals surface area contributed by atoms with Gasteiger partial charge in [0.15, 0.2) is 5.78 Å². The molecule has 3 aliphatic rings. The van der Waals surface area contributed by atoms with E-state index in [0.717, 1.165) is 67.0 Å². The molecule has 1 aromatic carbocycles. The van der Waals surface area contributed by atoms with E-state index in [1.54, 1.807) is 7.11 Å². The largest absolute Gasteiger partial charge is 0.494 e. The molecule has 1 aromatic heterocycles. The van der Waals surface area contributed by atoms with Gasteiger partial charge >= 0.3 is 5.97 Å². The molecule has 0 spiro atoms. The Labute approximate surface area is 224 Å². The molecule has 0 amide bonds. The number of carboxylic acids is 1. The molecule has 0 bridgehead atoms. The number of pyridine rings is 1. The van der Waals surface area contributed by atoms with Crippen molar-refractivity contribution >= 4 is 23.3 Å². The van der Waals surface area contributed by atoms with Crippen LogP contribution in [0.2, 0.25) is 0 Å². The number of rotatable bonds is 8. The minimum atomic E-state index is -0.753. The minimum Gasteiger partial charge on any atom is -0.494 e. The molecule has 5 rings (SSSR count). The fraction of sp³-hybridized carbons (Fsp3) is 0.533. The lowest BCUT2D eigenvalue weighted by Gasteiger charge is -2.36. The summed E-state index contributed by atoms with van der Waals surface area (Å²) < 4.78 is 5.91. The summed E-state index contributed by atoms with van der Waals surface area (Å²) in [5.74, 6) is 0.979. The van der Waals surface area contributed by atoms with Crippen molar-refractivity contribution in [3.8, 4) is 5.75 Å². The van der Waals surface area contributed by atoms with Crippen molar-refractivity contribution in [1.29, 1.82) is 5.41 Å². The summed E-state index contributed by atoms with van der Waals surface area (Å²) in [5.41, 5.74) is 4.96. The summed E-state index contributed by atoms with van der Waals surface area (Å²) >= 11 is 0. The first-order valence-electron chi connectivity index (χ1n) is 13.6. The van der Waals surface area contributed by atoms with E-state index in [9.17, 15) is 14.7 Å². The van der Waals surface area contributed by atoms with Gasteiger partial charge in [-0.2, -0.15) is 0 Å². The second-order valence-electron chi connectivity index (χ2n) is 12.0. The van der Waals surface area contributed by atoms with Gasteiger partial charge in [0.1, 0.15) is 17.3 Å². The molecule has 2 N–H and O–H groups in total. The maximum Gasteiger partial charge on any atom is 0.303 e. The number of anilines is 1. The molecule has 1 saturated carbocycles. The Kier molecular flexibility index (Phi) is 6.92. The van der Waals surface area contributed by atoms with Gasteiger partial charge in [-0.05, 0) is 55.2 Å². The lowest BCUT2D eigenvalue weighted by molar-refractivity contribution is -0.138. The van der Waals surface area contributed by atoms with Crippen molar-refractivity contribution in [1.82, 2.24) is 9.88 Å². The zero-order chi connectivity index (χ0) is 27.2. The highest BCUT2D eigenvalue weighted by Gasteiger charge is 2.33. The van der Waals surface area contributed by atoms with E-state index < -0.39 is 5.97 Å². The maximum atomic E-state index is 13.7. The van der Waals surface area contributed by atoms with Crippen molar-refractivity contribution in [2.24, 2.45) is 5.92 Å². The molecule has 0 atom stereocenters. The van der Waals surface area contributed by atoms with Gasteiger partial charge in [-0.3, -0.25) is 15.0 Å². The number of aromatic nitrogens is 1. The third-order valence-electron chi connectivity index (χ3n) is 8.05. The molecule has 0 radical (unpaired) electrons. The standard InChI is InChI=1S/C30H38N4O4/c1-30(2,3)22-14-21(15-24(28(22)38-4)33-11-9-18(10-12-33)13-26(36)37)25(35)17-34-16-20-7-8-23(19-5-6-19)32-27(20)29(34)31/h7-8,14-15,18-19,31H,5-6,9-13,16-17H2,1-4H3,(H,36,37). The Morgan fingerprint density at radius 1 is 1.13 bits per heavy atom. The predicted molar refractivity (Wildman–Crippen MR) is 147 cm³/mol. The van der Waals surface area contributed by atoms with Crippen molar-refractivity contribution in [3.63, 3.8) is 0 Å². The van der Waals surface area contributed by atoms with E-state index in [2.05, 4.69) is 37.8 Å². The van der Waals surface area contributed by atoms with E-state index >= 15 is 0 Å². The topological polar surface area (TPSA) is 107 Å². The molecule has 2 aliphatic heterocycles. The number of hydrogen-bond acceptors (Lipinski definition) is 6. The van der Waals surface area contributed by atoms with Gasteiger partial charge in [0.05, 0.1) is 19.3 Å². The van der Waals surface area contributed by atoms with Gasteiger partial charge in [0, 0.05) is 54.4 Å². The van der Waals surface area contributed by atoms with Crippen molar-refractivity contribution < 1.29 is 19.4 Å². The number of fused-ring (bicyclic) bond motifs is 1. The summed E-state index contributed by atoms with van der Waals surface area (Å²) in [7, 11) is 1.67. The highest BCUT2D eigenvalue weighted by atomic mass is 16.5. The molecule has 38 heavy (non-hydrogen) atoms. The highest BCUT2D eigenvalue weighted by molar-refractivity contribution is 6.05. The molecule has 3 heterocycles. The lowest BCUT2D eigenvalue weighted by Crippen LogP contribution is -2.35. The van der Waals surface area contributed by atoms with Crippen molar-refractivity contribution in [3.05, 3.63) is 52.3 Å². The number of ether oxygens (including phenoxy) is 1. The Bertz CT molecular complexity index is 1270. The Morgan fingerprint density at radius 2 is 1.84 bits per heavy atom. The highest BCUT2D eigenvalue weighted by Crippen LogP contribution is 2.42. The van der Waals surface area contributed by atoms with Crippen molar-refractivity contribution in [2.75, 3.05) is 31.6 Å². The van der Waals surface area contributed by atoms with E-state index in [1.807, 2.05) is 17.0 Å². The molecule has 1 saturated heterocycles. The van der Waals surface area contributed by atoms with E-state index in [0.29, 0.717) is 29.6 Å². The van der Waals surface area contributed by atoms with Crippen LogP contribution < -0.4 is 9.64 Å². The number of piperidine rings is 1. The van der Waals surface area contributed by atoms with Crippen LogP contribution in [-0.4, -0.2) is 59.3 Å². The number of amidine groups is 1. The first kappa shape index (κ1) is 26.2. The summed E-state index contributed by atoms with van der Waals surface area (Å²) in [6, 6.07) is 7.99. The molecular weight excluding hydrogens is 480 g/mol. The number of carboxylic acid groups (broad SMARTS) is 1. The number of Topliss-reactive ketones (excluding diaryl/α,β-unsaturated/α-hetero) is 1. The van der Waals surface area contributed by atoms with Crippen LogP contribution in [-0.2, 0) is 16.8 Å². The smallest absolute Gasteiger partial charge is 0.303 e. The number of aliphatic carboxylic acids is 1. The average molecular weight is 519 g/mol. The molecule has 8 heteroatoms. The van der Waals surface area contributed by atoms with Crippen LogP contribution in [0.4, 0.5) is 5.69 Å². The second kappa shape index (κ2) is 10.0. The monoisotopic (exact) mass is 518 g/mol. The molecule has 0 unspecified atom stereocenters. The summed E-state index contributed by atoms with van der Waals surface area (Å²) in [6.07, 6.45) is 4.09. The normalized spacial score (nSPS) is 18.1. The minimum absolute atomic E-state index is 0.0415. The molecule has 202 valence electrons. The first-order chi connectivity index (χ1) is 18.0. The molecule has 2 fully saturated rings. The summed E-state index contributed by atoms with van der Waals surface area (Å²) in [4.78, 5) is 33.7. The van der Waals surface area contributed by atoms with Gasteiger partial charge in [-0.25, -0.2) is 4.98 Å². The third kappa shape index (κ3) is 5.26. The number of carbonyl (C=O) groups is 2. The number of hydrogen-bond donors (Lipinski definition) is 2. The fourth-order valence-electron chi connectivity index (χ4n) is 5.68. The van der Waals surface area contributed by atoms with Crippen LogP contribution in [0.15, 0.2) is 24.3 Å². The number of nitrogens with one attached hydrogen (secondary N) is 1. The molecule has 8 nitrogen and oxygen atoms in total. The molecule has 1 aliphatic carbocycles. The Balaban J connectivity index is 1.39. The first-order valence-corrected chi connectivity index (χ1v) is 13.6. The van der Waals surface area contributed by atoms with Gasteiger partial charge in [0.25, 0.3) is 0 Å². The number of ketones is 1. The number of methoxy groups -OCH3 is 1. The number of benzene rings is 1.